The molecule has 0 atom stereocenters. The van der Waals surface area contributed by atoms with Crippen LogP contribution in [0.25, 0.3) is 11.1 Å². The topological polar surface area (TPSA) is 70.3 Å². The lowest BCUT2D eigenvalue weighted by Crippen LogP contribution is -2.02. The fourth-order valence-corrected chi connectivity index (χ4v) is 1.55. The summed E-state index contributed by atoms with van der Waals surface area (Å²) in [7, 11) is 0. The van der Waals surface area contributed by atoms with E-state index >= 15 is 0 Å². The fraction of sp³-hybridized carbons (Fsp3) is 0. The van der Waals surface area contributed by atoms with Crippen LogP contribution in [0.1, 0.15) is 5.56 Å². The summed E-state index contributed by atoms with van der Waals surface area (Å²) in [5.74, 6) is 0.278. The van der Waals surface area contributed by atoms with Gasteiger partial charge in [0.25, 0.3) is 0 Å². The van der Waals surface area contributed by atoms with Gasteiger partial charge in [0, 0.05) is 0 Å². The van der Waals surface area contributed by atoms with Gasteiger partial charge in [-0.25, -0.2) is 4.79 Å². The smallest absolute Gasteiger partial charge is 0.449 e. The van der Waals surface area contributed by atoms with Crippen LogP contribution in [0.4, 0.5) is 4.79 Å². The zero-order valence-corrected chi connectivity index (χ0v) is 9.33. The highest BCUT2D eigenvalue weighted by Gasteiger charge is 2.02. The first kappa shape index (κ1) is 11.7. The van der Waals surface area contributed by atoms with Crippen molar-refractivity contribution in [1.82, 2.24) is 0 Å². The Morgan fingerprint density at radius 3 is 1.94 bits per heavy atom. The molecule has 4 nitrogen and oxygen atoms in total. The van der Waals surface area contributed by atoms with E-state index in [-0.39, 0.29) is 5.75 Å². The summed E-state index contributed by atoms with van der Waals surface area (Å²) in [5.41, 5.74) is 2.48. The van der Waals surface area contributed by atoms with Gasteiger partial charge in [-0.2, -0.15) is 5.26 Å². The van der Waals surface area contributed by atoms with Crippen LogP contribution in [0.15, 0.2) is 48.5 Å². The Labute approximate surface area is 104 Å². The van der Waals surface area contributed by atoms with Crippen molar-refractivity contribution in [2.45, 2.75) is 0 Å². The van der Waals surface area contributed by atoms with E-state index in [1.54, 1.807) is 36.4 Å². The second kappa shape index (κ2) is 5.02. The van der Waals surface area contributed by atoms with E-state index in [2.05, 4.69) is 10.8 Å². The average Bonchev–Trinajstić information content (AvgIpc) is 2.39. The van der Waals surface area contributed by atoms with E-state index in [9.17, 15) is 4.79 Å². The molecule has 0 fully saturated rings. The Morgan fingerprint density at radius 1 is 1.00 bits per heavy atom. The standard InChI is InChI=1S/C14H9NO3/c15-9-10-1-3-11(4-2-10)12-5-7-13(8-6-12)18-14(16)17/h1-8H,(H,16,17). The second-order valence-electron chi connectivity index (χ2n) is 3.58. The highest BCUT2D eigenvalue weighted by molar-refractivity contribution is 5.66. The first-order chi connectivity index (χ1) is 8.69. The van der Waals surface area contributed by atoms with Crippen LogP contribution in [-0.4, -0.2) is 11.3 Å². The van der Waals surface area contributed by atoms with Gasteiger partial charge in [0.05, 0.1) is 11.6 Å². The van der Waals surface area contributed by atoms with Gasteiger partial charge in [-0.3, -0.25) is 0 Å². The summed E-state index contributed by atoms with van der Waals surface area (Å²) < 4.78 is 4.52. The van der Waals surface area contributed by atoms with Crippen molar-refractivity contribution in [3.05, 3.63) is 54.1 Å². The number of carbonyl (C=O) groups is 1. The molecule has 2 aromatic carbocycles. The minimum absolute atomic E-state index is 0.278. The van der Waals surface area contributed by atoms with Gasteiger partial charge in [-0.05, 0) is 35.4 Å². The molecule has 4 heteroatoms. The molecule has 0 bridgehead atoms. The predicted molar refractivity (Wildman–Crippen MR) is 65.2 cm³/mol. The van der Waals surface area contributed by atoms with Crippen LogP contribution in [0, 0.1) is 11.3 Å². The number of rotatable bonds is 2. The molecule has 0 saturated heterocycles. The predicted octanol–water partition coefficient (Wildman–Crippen LogP) is 3.28. The van der Waals surface area contributed by atoms with E-state index in [0.29, 0.717) is 5.56 Å². The van der Waals surface area contributed by atoms with Gasteiger partial charge < -0.3 is 9.84 Å². The molecular formula is C14H9NO3. The zero-order valence-electron chi connectivity index (χ0n) is 9.33. The van der Waals surface area contributed by atoms with Crippen molar-refractivity contribution >= 4 is 6.16 Å². The Bertz CT molecular complexity index is 594. The maximum Gasteiger partial charge on any atom is 0.511 e. The van der Waals surface area contributed by atoms with Gasteiger partial charge in [0.2, 0.25) is 0 Å². The molecule has 88 valence electrons. The minimum Gasteiger partial charge on any atom is -0.449 e. The summed E-state index contributed by atoms with van der Waals surface area (Å²) >= 11 is 0. The Morgan fingerprint density at radius 2 is 1.50 bits per heavy atom. The van der Waals surface area contributed by atoms with Crippen LogP contribution >= 0.6 is 0 Å². The summed E-state index contributed by atoms with van der Waals surface area (Å²) in [4.78, 5) is 10.3. The fourth-order valence-electron chi connectivity index (χ4n) is 1.55. The first-order valence-corrected chi connectivity index (χ1v) is 5.20. The third kappa shape index (κ3) is 2.66. The largest absolute Gasteiger partial charge is 0.511 e. The van der Waals surface area contributed by atoms with E-state index < -0.39 is 6.16 Å². The number of carboxylic acid groups (broad SMARTS) is 1. The molecule has 0 aliphatic rings. The molecule has 18 heavy (non-hydrogen) atoms. The van der Waals surface area contributed by atoms with E-state index in [4.69, 9.17) is 10.4 Å². The molecule has 2 aromatic rings. The van der Waals surface area contributed by atoms with Crippen LogP contribution in [0.5, 0.6) is 5.75 Å². The Hall–Kier alpha value is -2.80. The van der Waals surface area contributed by atoms with E-state index in [0.717, 1.165) is 11.1 Å². The number of nitriles is 1. The molecule has 1 N–H and O–H groups in total. The summed E-state index contributed by atoms with van der Waals surface area (Å²) in [6.45, 7) is 0. The number of nitrogens with zero attached hydrogens (tertiary/aromatic N) is 1. The molecule has 0 unspecified atom stereocenters. The molecule has 0 amide bonds. The minimum atomic E-state index is -1.33. The van der Waals surface area contributed by atoms with Crippen molar-refractivity contribution in [3.8, 4) is 22.9 Å². The zero-order chi connectivity index (χ0) is 13.0. The highest BCUT2D eigenvalue weighted by Crippen LogP contribution is 2.22. The van der Waals surface area contributed by atoms with Crippen LogP contribution < -0.4 is 4.74 Å². The molecule has 0 heterocycles. The molecular weight excluding hydrogens is 230 g/mol. The molecule has 0 radical (unpaired) electrons. The third-order valence-corrected chi connectivity index (χ3v) is 2.41. The lowest BCUT2D eigenvalue weighted by Gasteiger charge is -2.03. The van der Waals surface area contributed by atoms with Crippen LogP contribution in [0.3, 0.4) is 0 Å². The number of hydrogen-bond acceptors (Lipinski definition) is 3. The van der Waals surface area contributed by atoms with Gasteiger partial charge in [0.15, 0.2) is 0 Å². The quantitative estimate of drug-likeness (QED) is 0.644. The molecule has 0 spiro atoms. The summed E-state index contributed by atoms with van der Waals surface area (Å²) in [6.07, 6.45) is -1.33. The SMILES string of the molecule is N#Cc1ccc(-c2ccc(OC(=O)O)cc2)cc1. The van der Waals surface area contributed by atoms with Gasteiger partial charge in [-0.15, -0.1) is 0 Å². The molecule has 0 aliphatic heterocycles. The van der Waals surface area contributed by atoms with Gasteiger partial charge >= 0.3 is 6.16 Å². The normalized spacial score (nSPS) is 9.50. The van der Waals surface area contributed by atoms with Crippen molar-refractivity contribution in [2.75, 3.05) is 0 Å². The Kier molecular flexibility index (Phi) is 3.26. The summed E-state index contributed by atoms with van der Waals surface area (Å²) in [6, 6.07) is 15.9. The molecule has 2 rings (SSSR count). The molecule has 0 saturated carbocycles. The monoisotopic (exact) mass is 239 g/mol. The van der Waals surface area contributed by atoms with E-state index in [1.165, 1.54) is 0 Å². The van der Waals surface area contributed by atoms with Crippen LogP contribution in [0.2, 0.25) is 0 Å². The van der Waals surface area contributed by atoms with Crippen molar-refractivity contribution in [1.29, 1.82) is 5.26 Å². The maximum absolute atomic E-state index is 10.3. The van der Waals surface area contributed by atoms with Crippen molar-refractivity contribution in [2.24, 2.45) is 0 Å². The number of benzene rings is 2. The summed E-state index contributed by atoms with van der Waals surface area (Å²) in [5, 5.41) is 17.2. The third-order valence-electron chi connectivity index (χ3n) is 2.41. The lowest BCUT2D eigenvalue weighted by molar-refractivity contribution is 0.144. The average molecular weight is 239 g/mol. The van der Waals surface area contributed by atoms with Crippen molar-refractivity contribution in [3.63, 3.8) is 0 Å². The second-order valence-corrected chi connectivity index (χ2v) is 3.58. The first-order valence-electron chi connectivity index (χ1n) is 5.20. The lowest BCUT2D eigenvalue weighted by atomic mass is 10.0. The van der Waals surface area contributed by atoms with Crippen LogP contribution in [-0.2, 0) is 0 Å². The van der Waals surface area contributed by atoms with E-state index in [1.807, 2.05) is 12.1 Å². The molecule has 0 aliphatic carbocycles. The maximum atomic E-state index is 10.3. The Balaban J connectivity index is 2.23. The van der Waals surface area contributed by atoms with Gasteiger partial charge in [-0.1, -0.05) is 24.3 Å². The number of ether oxygens (including phenoxy) is 1. The van der Waals surface area contributed by atoms with Crippen molar-refractivity contribution < 1.29 is 14.6 Å². The molecule has 0 aromatic heterocycles. The highest BCUT2D eigenvalue weighted by atomic mass is 16.7. The number of hydrogen-bond donors (Lipinski definition) is 1. The van der Waals surface area contributed by atoms with Gasteiger partial charge in [0.1, 0.15) is 5.75 Å².